The van der Waals surface area contributed by atoms with E-state index in [1.54, 1.807) is 0 Å². The van der Waals surface area contributed by atoms with Gasteiger partial charge in [0.15, 0.2) is 12.6 Å². The third-order valence-corrected chi connectivity index (χ3v) is 11.7. The Morgan fingerprint density at radius 2 is 0.676 bits per heavy atom. The molecule has 0 aromatic heterocycles. The number of aliphatic hydroxyl groups is 1. The first kappa shape index (κ1) is 65.7. The molecule has 398 valence electrons. The zero-order valence-electron chi connectivity index (χ0n) is 44.6. The van der Waals surface area contributed by atoms with Gasteiger partial charge in [-0.25, -0.2) is 0 Å². The van der Waals surface area contributed by atoms with Crippen LogP contribution in [0.3, 0.4) is 0 Å². The molecule has 0 radical (unpaired) electrons. The van der Waals surface area contributed by atoms with E-state index in [-0.39, 0.29) is 31.1 Å². The molecule has 0 unspecified atom stereocenters. The molecule has 0 spiro atoms. The zero-order chi connectivity index (χ0) is 49.5. The molecule has 0 aliphatic carbocycles. The molecule has 0 heterocycles. The Morgan fingerprint density at radius 1 is 0.382 bits per heavy atom. The lowest BCUT2D eigenvalue weighted by molar-refractivity contribution is -0.159. The van der Waals surface area contributed by atoms with Crippen molar-refractivity contribution in [3.8, 4) is 0 Å². The molecule has 0 atom stereocenters. The highest BCUT2D eigenvalue weighted by Gasteiger charge is 2.15. The summed E-state index contributed by atoms with van der Waals surface area (Å²) in [5.74, 6) is -0.334. The van der Waals surface area contributed by atoms with Crippen molar-refractivity contribution in [2.45, 2.75) is 246 Å². The summed E-state index contributed by atoms with van der Waals surface area (Å²) in [7, 11) is 0. The van der Waals surface area contributed by atoms with Crippen molar-refractivity contribution < 1.29 is 43.1 Å². The second kappa shape index (κ2) is 55.6. The fourth-order valence-electron chi connectivity index (χ4n) is 7.59. The molecule has 0 aromatic rings. The number of nitrogens with zero attached hydrogens (tertiary/aromatic N) is 1. The fourth-order valence-corrected chi connectivity index (χ4v) is 7.59. The number of rotatable bonds is 54. The van der Waals surface area contributed by atoms with Crippen molar-refractivity contribution in [1.29, 1.82) is 0 Å². The van der Waals surface area contributed by atoms with E-state index in [1.165, 1.54) is 12.8 Å². The molecule has 10 heteroatoms. The summed E-state index contributed by atoms with van der Waals surface area (Å²) < 4.78 is 35.4. The molecule has 0 saturated heterocycles. The first-order chi connectivity index (χ1) is 33.5. The minimum absolute atomic E-state index is 0.167. The van der Waals surface area contributed by atoms with Gasteiger partial charge < -0.3 is 38.4 Å². The van der Waals surface area contributed by atoms with Crippen LogP contribution in [0.15, 0.2) is 48.6 Å². The largest absolute Gasteiger partial charge is 0.466 e. The lowest BCUT2D eigenvalue weighted by Crippen LogP contribution is -2.27. The Kier molecular flexibility index (Phi) is 53.7. The van der Waals surface area contributed by atoms with Crippen LogP contribution < -0.4 is 0 Å². The van der Waals surface area contributed by atoms with Crippen LogP contribution in [0.5, 0.6) is 0 Å². The van der Waals surface area contributed by atoms with Gasteiger partial charge >= 0.3 is 11.9 Å². The second-order valence-electron chi connectivity index (χ2n) is 18.2. The number of aliphatic hydroxyl groups excluding tert-OH is 1. The van der Waals surface area contributed by atoms with Gasteiger partial charge in [-0.15, -0.1) is 0 Å². The topological polar surface area (TPSA) is 113 Å². The second-order valence-corrected chi connectivity index (χ2v) is 18.2. The van der Waals surface area contributed by atoms with Gasteiger partial charge in [0.1, 0.15) is 0 Å². The van der Waals surface area contributed by atoms with Gasteiger partial charge in [-0.2, -0.15) is 0 Å². The number of allylic oxidation sites excluding steroid dienone is 8. The van der Waals surface area contributed by atoms with Gasteiger partial charge in [-0.3, -0.25) is 9.59 Å². The lowest BCUT2D eigenvalue weighted by atomic mass is 10.1. The molecule has 0 saturated carbocycles. The summed E-state index contributed by atoms with van der Waals surface area (Å²) in [6.45, 7) is 15.6. The average Bonchev–Trinajstić information content (AvgIpc) is 3.34. The Balaban J connectivity index is 4.31. The number of carbonyl (C=O) groups is 2. The minimum Gasteiger partial charge on any atom is -0.466 e. The molecule has 10 nitrogen and oxygen atoms in total. The van der Waals surface area contributed by atoms with Crippen LogP contribution in [-0.2, 0) is 38.0 Å². The van der Waals surface area contributed by atoms with E-state index in [9.17, 15) is 14.7 Å². The number of carbonyl (C=O) groups excluding carboxylic acids is 2. The van der Waals surface area contributed by atoms with Gasteiger partial charge in [0.25, 0.3) is 0 Å². The van der Waals surface area contributed by atoms with E-state index >= 15 is 0 Å². The van der Waals surface area contributed by atoms with E-state index in [2.05, 4.69) is 81.2 Å². The predicted molar refractivity (Wildman–Crippen MR) is 284 cm³/mol. The number of hydrogen-bond acceptors (Lipinski definition) is 10. The van der Waals surface area contributed by atoms with Gasteiger partial charge in [0, 0.05) is 45.9 Å². The molecule has 0 amide bonds. The predicted octanol–water partition coefficient (Wildman–Crippen LogP) is 14.9. The van der Waals surface area contributed by atoms with Gasteiger partial charge in [-0.1, -0.05) is 115 Å². The van der Waals surface area contributed by atoms with E-state index in [1.807, 2.05) is 0 Å². The Bertz CT molecular complexity index is 1040. The van der Waals surface area contributed by atoms with E-state index in [0.717, 1.165) is 187 Å². The highest BCUT2D eigenvalue weighted by Crippen LogP contribution is 2.14. The van der Waals surface area contributed by atoms with Crippen molar-refractivity contribution in [3.63, 3.8) is 0 Å². The van der Waals surface area contributed by atoms with Crippen molar-refractivity contribution in [3.05, 3.63) is 48.6 Å². The molecule has 68 heavy (non-hydrogen) atoms. The van der Waals surface area contributed by atoms with Crippen LogP contribution in [0.4, 0.5) is 0 Å². The maximum absolute atomic E-state index is 12.6. The van der Waals surface area contributed by atoms with Gasteiger partial charge in [-0.05, 0) is 161 Å². The highest BCUT2D eigenvalue weighted by atomic mass is 16.7. The summed E-state index contributed by atoms with van der Waals surface area (Å²) in [5, 5.41) is 9.35. The molecule has 0 rings (SSSR count). The SMILES string of the molecule is CC/C=C\CCCCOC(CCC(=O)OCCCCCCCN(CCCCO)CCCCCCCOC(=O)CCC(OCCCC/C=C\CC)OCCCC/C=C\CC)OCCCC/C=C\CC. The number of hydrogen-bond donors (Lipinski definition) is 1. The van der Waals surface area contributed by atoms with Crippen LogP contribution in [-0.4, -0.2) is 100 Å². The first-order valence-electron chi connectivity index (χ1n) is 28.2. The van der Waals surface area contributed by atoms with Crippen LogP contribution in [0, 0.1) is 0 Å². The van der Waals surface area contributed by atoms with Crippen LogP contribution in [0.25, 0.3) is 0 Å². The molecule has 0 aliphatic rings. The summed E-state index contributed by atoms with van der Waals surface area (Å²) in [5.41, 5.74) is 0. The Hall–Kier alpha value is -2.34. The van der Waals surface area contributed by atoms with E-state index < -0.39 is 0 Å². The first-order valence-corrected chi connectivity index (χ1v) is 28.2. The number of ether oxygens (including phenoxy) is 6. The summed E-state index contributed by atoms with van der Waals surface area (Å²) in [4.78, 5) is 27.7. The highest BCUT2D eigenvalue weighted by molar-refractivity contribution is 5.69. The van der Waals surface area contributed by atoms with E-state index in [4.69, 9.17) is 28.4 Å². The standard InChI is InChI=1S/C58H107NO9/c1-5-9-13-17-25-37-51-65-57(66-52-38-26-18-14-10-6-2)43-41-55(61)63-49-35-29-21-23-31-45-59(47-33-34-48-60)46-32-24-22-30-36-50-64-56(62)42-44-58(67-53-39-27-19-15-11-7-3)68-54-40-28-20-16-12-8-4/h9-16,57-58,60H,5-8,17-54H2,1-4H3/b13-9-,14-10-,15-11-,16-12-. The zero-order valence-corrected chi connectivity index (χ0v) is 44.6. The maximum Gasteiger partial charge on any atom is 0.305 e. The normalized spacial score (nSPS) is 12.2. The molecule has 0 aromatic carbocycles. The fraction of sp³-hybridized carbons (Fsp3) is 0.828. The molecular formula is C58H107NO9. The van der Waals surface area contributed by atoms with Gasteiger partial charge in [0.2, 0.25) is 0 Å². The third kappa shape index (κ3) is 50.1. The summed E-state index contributed by atoms with van der Waals surface area (Å²) in [6.07, 6.45) is 48.3. The van der Waals surface area contributed by atoms with Crippen molar-refractivity contribution in [2.75, 3.05) is 65.9 Å². The molecule has 0 fully saturated rings. The molecule has 0 bridgehead atoms. The van der Waals surface area contributed by atoms with Crippen LogP contribution >= 0.6 is 0 Å². The summed E-state index contributed by atoms with van der Waals surface area (Å²) >= 11 is 0. The molecule has 0 aliphatic heterocycles. The Labute approximate surface area is 418 Å². The monoisotopic (exact) mass is 962 g/mol. The molecular weight excluding hydrogens is 855 g/mol. The van der Waals surface area contributed by atoms with E-state index in [0.29, 0.717) is 65.3 Å². The number of unbranched alkanes of at least 4 members (excludes halogenated alkanes) is 17. The van der Waals surface area contributed by atoms with Crippen molar-refractivity contribution >= 4 is 11.9 Å². The number of esters is 2. The maximum atomic E-state index is 12.6. The lowest BCUT2D eigenvalue weighted by Gasteiger charge is -2.22. The quantitative estimate of drug-likeness (QED) is 0.0274. The molecule has 1 N–H and O–H groups in total. The Morgan fingerprint density at radius 3 is 1.00 bits per heavy atom. The smallest absolute Gasteiger partial charge is 0.305 e. The van der Waals surface area contributed by atoms with Gasteiger partial charge in [0.05, 0.1) is 26.1 Å². The van der Waals surface area contributed by atoms with Crippen molar-refractivity contribution in [2.24, 2.45) is 0 Å². The minimum atomic E-state index is -0.362. The van der Waals surface area contributed by atoms with Crippen molar-refractivity contribution in [1.82, 2.24) is 4.90 Å². The third-order valence-electron chi connectivity index (χ3n) is 11.7. The average molecular weight is 962 g/mol. The van der Waals surface area contributed by atoms with Crippen LogP contribution in [0.2, 0.25) is 0 Å². The van der Waals surface area contributed by atoms with Crippen LogP contribution in [0.1, 0.15) is 233 Å². The summed E-state index contributed by atoms with van der Waals surface area (Å²) in [6, 6.07) is 0.